The standard InChI is InChI=1S/C17H18FNO2/c1-19(2)17(20)16(21-3)15-7-5-4-6-14(15)12-8-10-13(18)11-9-12/h4-11,16H,1-3H3. The van der Waals surface area contributed by atoms with Gasteiger partial charge in [0.15, 0.2) is 6.10 Å². The first-order valence-electron chi connectivity index (χ1n) is 6.63. The van der Waals surface area contributed by atoms with Crippen molar-refractivity contribution >= 4 is 5.91 Å². The first-order chi connectivity index (χ1) is 10.0. The fraction of sp³-hybridized carbons (Fsp3) is 0.235. The van der Waals surface area contributed by atoms with Crippen LogP contribution in [-0.4, -0.2) is 32.0 Å². The summed E-state index contributed by atoms with van der Waals surface area (Å²) in [4.78, 5) is 13.7. The van der Waals surface area contributed by atoms with E-state index in [1.165, 1.54) is 24.1 Å². The van der Waals surface area contributed by atoms with E-state index in [1.807, 2.05) is 24.3 Å². The second-order valence-corrected chi connectivity index (χ2v) is 4.94. The lowest BCUT2D eigenvalue weighted by molar-refractivity contribution is -0.139. The van der Waals surface area contributed by atoms with Gasteiger partial charge in [-0.15, -0.1) is 0 Å². The molecule has 4 heteroatoms. The van der Waals surface area contributed by atoms with Gasteiger partial charge < -0.3 is 9.64 Å². The van der Waals surface area contributed by atoms with E-state index in [-0.39, 0.29) is 11.7 Å². The summed E-state index contributed by atoms with van der Waals surface area (Å²) in [7, 11) is 4.89. The van der Waals surface area contributed by atoms with E-state index in [4.69, 9.17) is 4.74 Å². The minimum Gasteiger partial charge on any atom is -0.367 e. The molecule has 0 radical (unpaired) electrons. The van der Waals surface area contributed by atoms with Crippen molar-refractivity contribution in [3.05, 3.63) is 59.9 Å². The van der Waals surface area contributed by atoms with Crippen molar-refractivity contribution in [2.75, 3.05) is 21.2 Å². The summed E-state index contributed by atoms with van der Waals surface area (Å²) in [6.07, 6.45) is -0.679. The molecule has 110 valence electrons. The number of rotatable bonds is 4. The van der Waals surface area contributed by atoms with Crippen molar-refractivity contribution in [1.29, 1.82) is 0 Å². The Morgan fingerprint density at radius 1 is 1.10 bits per heavy atom. The van der Waals surface area contributed by atoms with Crippen LogP contribution in [0.4, 0.5) is 4.39 Å². The molecule has 1 unspecified atom stereocenters. The number of hydrogen-bond donors (Lipinski definition) is 0. The summed E-state index contributed by atoms with van der Waals surface area (Å²) in [5.41, 5.74) is 2.48. The average molecular weight is 287 g/mol. The van der Waals surface area contributed by atoms with E-state index < -0.39 is 6.10 Å². The van der Waals surface area contributed by atoms with Crippen molar-refractivity contribution in [3.8, 4) is 11.1 Å². The van der Waals surface area contributed by atoms with Crippen LogP contribution in [-0.2, 0) is 9.53 Å². The SMILES string of the molecule is COC(C(=O)N(C)C)c1ccccc1-c1ccc(F)cc1. The smallest absolute Gasteiger partial charge is 0.255 e. The normalized spacial score (nSPS) is 12.0. The lowest BCUT2D eigenvalue weighted by atomic mass is 9.95. The number of hydrogen-bond acceptors (Lipinski definition) is 2. The van der Waals surface area contributed by atoms with Crippen molar-refractivity contribution in [2.45, 2.75) is 6.10 Å². The van der Waals surface area contributed by atoms with Gasteiger partial charge in [0.1, 0.15) is 5.82 Å². The third-order valence-corrected chi connectivity index (χ3v) is 3.30. The van der Waals surface area contributed by atoms with Gasteiger partial charge >= 0.3 is 0 Å². The maximum absolute atomic E-state index is 13.1. The molecule has 0 aromatic heterocycles. The molecule has 21 heavy (non-hydrogen) atoms. The molecule has 0 fully saturated rings. The Morgan fingerprint density at radius 2 is 1.71 bits per heavy atom. The van der Waals surface area contributed by atoms with E-state index in [1.54, 1.807) is 26.2 Å². The first kappa shape index (κ1) is 15.2. The second-order valence-electron chi connectivity index (χ2n) is 4.94. The minimum absolute atomic E-state index is 0.132. The molecule has 0 N–H and O–H groups in total. The van der Waals surface area contributed by atoms with Gasteiger partial charge in [-0.3, -0.25) is 4.79 Å². The lowest BCUT2D eigenvalue weighted by Crippen LogP contribution is -2.29. The second kappa shape index (κ2) is 6.50. The quantitative estimate of drug-likeness (QED) is 0.863. The number of carbonyl (C=O) groups excluding carboxylic acids is 1. The fourth-order valence-electron chi connectivity index (χ4n) is 2.21. The Bertz CT molecular complexity index is 623. The van der Waals surface area contributed by atoms with E-state index in [9.17, 15) is 9.18 Å². The molecule has 0 saturated heterocycles. The highest BCUT2D eigenvalue weighted by Gasteiger charge is 2.24. The third kappa shape index (κ3) is 3.28. The molecule has 0 heterocycles. The molecule has 0 saturated carbocycles. The molecule has 0 bridgehead atoms. The van der Waals surface area contributed by atoms with Crippen LogP contribution in [0.2, 0.25) is 0 Å². The zero-order valence-electron chi connectivity index (χ0n) is 12.3. The molecule has 1 amide bonds. The number of likely N-dealkylation sites (N-methyl/N-ethyl adjacent to an activating group) is 1. The Labute approximate surface area is 124 Å². The Morgan fingerprint density at radius 3 is 2.29 bits per heavy atom. The number of ether oxygens (including phenoxy) is 1. The Balaban J connectivity index is 2.49. The lowest BCUT2D eigenvalue weighted by Gasteiger charge is -2.22. The van der Waals surface area contributed by atoms with Gasteiger partial charge in [-0.2, -0.15) is 0 Å². The number of carbonyl (C=O) groups is 1. The number of methoxy groups -OCH3 is 1. The highest BCUT2D eigenvalue weighted by atomic mass is 19.1. The molecular weight excluding hydrogens is 269 g/mol. The predicted octanol–water partition coefficient (Wildman–Crippen LogP) is 3.27. The molecule has 0 spiro atoms. The summed E-state index contributed by atoms with van der Waals surface area (Å²) in [6, 6.07) is 13.7. The third-order valence-electron chi connectivity index (χ3n) is 3.30. The topological polar surface area (TPSA) is 29.5 Å². The molecule has 0 aliphatic rings. The van der Waals surface area contributed by atoms with Crippen molar-refractivity contribution in [1.82, 2.24) is 4.90 Å². The number of nitrogens with zero attached hydrogens (tertiary/aromatic N) is 1. The van der Waals surface area contributed by atoms with Crippen molar-refractivity contribution in [2.24, 2.45) is 0 Å². The first-order valence-corrected chi connectivity index (χ1v) is 6.63. The molecular formula is C17H18FNO2. The van der Waals surface area contributed by atoms with Gasteiger partial charge in [-0.05, 0) is 28.8 Å². The molecule has 0 aliphatic carbocycles. The van der Waals surface area contributed by atoms with Crippen LogP contribution in [0.3, 0.4) is 0 Å². The summed E-state index contributed by atoms with van der Waals surface area (Å²) < 4.78 is 18.5. The molecule has 2 aromatic carbocycles. The van der Waals surface area contributed by atoms with Crippen LogP contribution < -0.4 is 0 Å². The maximum atomic E-state index is 13.1. The highest BCUT2D eigenvalue weighted by Crippen LogP contribution is 2.30. The van der Waals surface area contributed by atoms with Gasteiger partial charge in [0.05, 0.1) is 0 Å². The van der Waals surface area contributed by atoms with Crippen molar-refractivity contribution < 1.29 is 13.9 Å². The van der Waals surface area contributed by atoms with Gasteiger partial charge in [-0.1, -0.05) is 36.4 Å². The fourth-order valence-corrected chi connectivity index (χ4v) is 2.21. The highest BCUT2D eigenvalue weighted by molar-refractivity contribution is 5.85. The summed E-state index contributed by atoms with van der Waals surface area (Å²) >= 11 is 0. The van der Waals surface area contributed by atoms with Crippen LogP contribution in [0, 0.1) is 5.82 Å². The predicted molar refractivity (Wildman–Crippen MR) is 80.3 cm³/mol. The summed E-state index contributed by atoms with van der Waals surface area (Å²) in [5.74, 6) is -0.420. The molecule has 2 aromatic rings. The van der Waals surface area contributed by atoms with Crippen molar-refractivity contribution in [3.63, 3.8) is 0 Å². The molecule has 2 rings (SSSR count). The maximum Gasteiger partial charge on any atom is 0.255 e. The molecule has 1 atom stereocenters. The number of benzene rings is 2. The van der Waals surface area contributed by atoms with E-state index >= 15 is 0 Å². The Hall–Kier alpha value is -2.20. The van der Waals surface area contributed by atoms with E-state index in [0.29, 0.717) is 0 Å². The van der Waals surface area contributed by atoms with Crippen LogP contribution in [0.1, 0.15) is 11.7 Å². The monoisotopic (exact) mass is 287 g/mol. The van der Waals surface area contributed by atoms with Gasteiger partial charge in [0.2, 0.25) is 0 Å². The Kier molecular flexibility index (Phi) is 4.70. The molecule has 3 nitrogen and oxygen atoms in total. The van der Waals surface area contributed by atoms with Crippen LogP contribution >= 0.6 is 0 Å². The average Bonchev–Trinajstić information content (AvgIpc) is 2.49. The van der Waals surface area contributed by atoms with E-state index in [2.05, 4.69) is 0 Å². The van der Waals surface area contributed by atoms with E-state index in [0.717, 1.165) is 16.7 Å². The largest absolute Gasteiger partial charge is 0.367 e. The minimum atomic E-state index is -0.679. The summed E-state index contributed by atoms with van der Waals surface area (Å²) in [5, 5.41) is 0. The summed E-state index contributed by atoms with van der Waals surface area (Å²) in [6.45, 7) is 0. The van der Waals surface area contributed by atoms with Crippen LogP contribution in [0.25, 0.3) is 11.1 Å². The molecule has 0 aliphatic heterocycles. The van der Waals surface area contributed by atoms with Gasteiger partial charge in [0.25, 0.3) is 5.91 Å². The van der Waals surface area contributed by atoms with Gasteiger partial charge in [0, 0.05) is 21.2 Å². The number of amides is 1. The van der Waals surface area contributed by atoms with Gasteiger partial charge in [-0.25, -0.2) is 4.39 Å². The van der Waals surface area contributed by atoms with Crippen LogP contribution in [0.15, 0.2) is 48.5 Å². The zero-order chi connectivity index (χ0) is 15.4. The zero-order valence-corrected chi connectivity index (χ0v) is 12.3. The van der Waals surface area contributed by atoms with Crippen LogP contribution in [0.5, 0.6) is 0 Å². The number of halogens is 1.